The third-order valence-corrected chi connectivity index (χ3v) is 2.72. The van der Waals surface area contributed by atoms with Crippen LogP contribution in [0.3, 0.4) is 0 Å². The number of rotatable bonds is 4. The summed E-state index contributed by atoms with van der Waals surface area (Å²) in [6.07, 6.45) is 0.447. The second kappa shape index (κ2) is 6.30. The van der Waals surface area contributed by atoms with Gasteiger partial charge in [-0.2, -0.15) is 0 Å². The maximum Gasteiger partial charge on any atom is 0.321 e. The van der Waals surface area contributed by atoms with Crippen molar-refractivity contribution in [2.45, 2.75) is 19.4 Å². The highest BCUT2D eigenvalue weighted by atomic mass is 32.1. The fourth-order valence-electron chi connectivity index (χ4n) is 1.41. The van der Waals surface area contributed by atoms with Crippen LogP contribution in [0.4, 0.5) is 14.9 Å². The van der Waals surface area contributed by atoms with Crippen molar-refractivity contribution in [2.75, 3.05) is 12.4 Å². The van der Waals surface area contributed by atoms with E-state index in [2.05, 4.69) is 5.32 Å². The lowest BCUT2D eigenvalue weighted by Gasteiger charge is -2.24. The zero-order chi connectivity index (χ0) is 13.7. The molecule has 1 aromatic carbocycles. The van der Waals surface area contributed by atoms with E-state index in [1.54, 1.807) is 13.1 Å². The number of amides is 2. The highest BCUT2D eigenvalue weighted by Gasteiger charge is 2.16. The van der Waals surface area contributed by atoms with Crippen LogP contribution in [0.2, 0.25) is 0 Å². The van der Waals surface area contributed by atoms with Gasteiger partial charge in [0.15, 0.2) is 0 Å². The minimum absolute atomic E-state index is 0.115. The number of halogens is 1. The molecular formula is C12H16FN3OS. The van der Waals surface area contributed by atoms with E-state index in [0.717, 1.165) is 0 Å². The van der Waals surface area contributed by atoms with Gasteiger partial charge < -0.3 is 16.0 Å². The van der Waals surface area contributed by atoms with Crippen LogP contribution in [0.25, 0.3) is 0 Å². The van der Waals surface area contributed by atoms with Crippen LogP contribution in [0, 0.1) is 5.82 Å². The Bertz CT molecular complexity index is 453. The summed E-state index contributed by atoms with van der Waals surface area (Å²) in [5.41, 5.74) is 5.84. The van der Waals surface area contributed by atoms with Gasteiger partial charge in [-0.25, -0.2) is 9.18 Å². The fourth-order valence-corrected chi connectivity index (χ4v) is 1.65. The van der Waals surface area contributed by atoms with Gasteiger partial charge in [0.05, 0.1) is 4.99 Å². The van der Waals surface area contributed by atoms with Crippen molar-refractivity contribution in [3.05, 3.63) is 30.1 Å². The lowest BCUT2D eigenvalue weighted by Crippen LogP contribution is -2.40. The first-order valence-corrected chi connectivity index (χ1v) is 5.88. The maximum atomic E-state index is 13.0. The number of nitrogens with two attached hydrogens (primary N) is 1. The molecule has 1 rings (SSSR count). The first kappa shape index (κ1) is 14.4. The van der Waals surface area contributed by atoms with Crippen molar-refractivity contribution in [1.29, 1.82) is 0 Å². The molecule has 0 radical (unpaired) electrons. The van der Waals surface area contributed by atoms with Gasteiger partial charge >= 0.3 is 6.03 Å². The summed E-state index contributed by atoms with van der Waals surface area (Å²) < 4.78 is 13.0. The number of carbonyl (C=O) groups excluding carboxylic acids is 1. The molecule has 0 aliphatic rings. The van der Waals surface area contributed by atoms with Crippen molar-refractivity contribution < 1.29 is 9.18 Å². The molecule has 0 saturated carbocycles. The number of nitrogens with zero attached hydrogens (tertiary/aromatic N) is 1. The topological polar surface area (TPSA) is 58.4 Å². The summed E-state index contributed by atoms with van der Waals surface area (Å²) in [7, 11) is 1.64. The van der Waals surface area contributed by atoms with Crippen molar-refractivity contribution >= 4 is 28.9 Å². The molecule has 0 aliphatic carbocycles. The Hall–Kier alpha value is -1.69. The smallest absolute Gasteiger partial charge is 0.321 e. The van der Waals surface area contributed by atoms with Crippen LogP contribution >= 0.6 is 12.2 Å². The Kier molecular flexibility index (Phi) is 5.03. The quantitative estimate of drug-likeness (QED) is 0.825. The van der Waals surface area contributed by atoms with Gasteiger partial charge in [0.25, 0.3) is 0 Å². The standard InChI is InChI=1S/C12H16FN3OS/c1-8(6-11(14)18)16(2)12(17)15-10-5-3-4-9(13)7-10/h3-5,7-8H,6H2,1-2H3,(H2,14,18)(H,15,17). The summed E-state index contributed by atoms with van der Waals surface area (Å²) in [4.78, 5) is 13.7. The lowest BCUT2D eigenvalue weighted by molar-refractivity contribution is 0.209. The first-order chi connectivity index (χ1) is 8.40. The number of nitrogens with one attached hydrogen (secondary N) is 1. The molecule has 0 aliphatic heterocycles. The average molecular weight is 269 g/mol. The van der Waals surface area contributed by atoms with Gasteiger partial charge in [0, 0.05) is 25.2 Å². The molecule has 4 nitrogen and oxygen atoms in total. The molecule has 3 N–H and O–H groups in total. The number of thiocarbonyl (C=S) groups is 1. The van der Waals surface area contributed by atoms with Gasteiger partial charge in [-0.3, -0.25) is 0 Å². The summed E-state index contributed by atoms with van der Waals surface area (Å²) in [5, 5.41) is 2.60. The van der Waals surface area contributed by atoms with Gasteiger partial charge in [-0.1, -0.05) is 18.3 Å². The van der Waals surface area contributed by atoms with Crippen molar-refractivity contribution in [2.24, 2.45) is 5.73 Å². The van der Waals surface area contributed by atoms with E-state index in [1.807, 2.05) is 6.92 Å². The van der Waals surface area contributed by atoms with Crippen LogP contribution in [-0.2, 0) is 0 Å². The molecule has 1 aromatic rings. The van der Waals surface area contributed by atoms with Crippen molar-refractivity contribution in [3.63, 3.8) is 0 Å². The molecule has 98 valence electrons. The zero-order valence-corrected chi connectivity index (χ0v) is 11.1. The van der Waals surface area contributed by atoms with E-state index in [0.29, 0.717) is 17.1 Å². The van der Waals surface area contributed by atoms with Crippen LogP contribution in [0.5, 0.6) is 0 Å². The number of hydrogen-bond donors (Lipinski definition) is 2. The molecular weight excluding hydrogens is 253 g/mol. The molecule has 2 amide bonds. The Morgan fingerprint density at radius 2 is 2.28 bits per heavy atom. The third-order valence-electron chi connectivity index (χ3n) is 2.55. The second-order valence-electron chi connectivity index (χ2n) is 4.07. The monoisotopic (exact) mass is 269 g/mol. The predicted octanol–water partition coefficient (Wildman–Crippen LogP) is 2.35. The SMILES string of the molecule is CC(CC(N)=S)N(C)C(=O)Nc1cccc(F)c1. The number of hydrogen-bond acceptors (Lipinski definition) is 2. The van der Waals surface area contributed by atoms with Gasteiger partial charge in [0.2, 0.25) is 0 Å². The van der Waals surface area contributed by atoms with Crippen LogP contribution in [0.1, 0.15) is 13.3 Å². The Labute approximate surface area is 111 Å². The van der Waals surface area contributed by atoms with Gasteiger partial charge in [-0.15, -0.1) is 0 Å². The van der Waals surface area contributed by atoms with Crippen LogP contribution < -0.4 is 11.1 Å². The van der Waals surface area contributed by atoms with Gasteiger partial charge in [0.1, 0.15) is 5.82 Å². The van der Waals surface area contributed by atoms with E-state index in [-0.39, 0.29) is 12.1 Å². The molecule has 0 heterocycles. The molecule has 0 bridgehead atoms. The molecule has 18 heavy (non-hydrogen) atoms. The van der Waals surface area contributed by atoms with E-state index < -0.39 is 5.82 Å². The van der Waals surface area contributed by atoms with E-state index in [4.69, 9.17) is 18.0 Å². The molecule has 6 heteroatoms. The van der Waals surface area contributed by atoms with Crippen molar-refractivity contribution in [3.8, 4) is 0 Å². The minimum Gasteiger partial charge on any atom is -0.393 e. The van der Waals surface area contributed by atoms with E-state index >= 15 is 0 Å². The molecule has 0 aromatic heterocycles. The first-order valence-electron chi connectivity index (χ1n) is 5.48. The number of benzene rings is 1. The fraction of sp³-hybridized carbons (Fsp3) is 0.333. The molecule has 0 spiro atoms. The highest BCUT2D eigenvalue weighted by Crippen LogP contribution is 2.11. The molecule has 0 fully saturated rings. The Morgan fingerprint density at radius 1 is 1.61 bits per heavy atom. The van der Waals surface area contributed by atoms with Crippen molar-refractivity contribution in [1.82, 2.24) is 4.90 Å². The summed E-state index contributed by atoms with van der Waals surface area (Å²) in [6.45, 7) is 1.84. The highest BCUT2D eigenvalue weighted by molar-refractivity contribution is 7.80. The Balaban J connectivity index is 2.62. The predicted molar refractivity (Wildman–Crippen MR) is 74.0 cm³/mol. The normalized spacial score (nSPS) is 11.7. The van der Waals surface area contributed by atoms with E-state index in [1.165, 1.54) is 23.1 Å². The number of anilines is 1. The number of carbonyl (C=O) groups is 1. The molecule has 1 atom stereocenters. The lowest BCUT2D eigenvalue weighted by atomic mass is 10.2. The van der Waals surface area contributed by atoms with Gasteiger partial charge in [-0.05, 0) is 25.1 Å². The van der Waals surface area contributed by atoms with Crippen LogP contribution in [0.15, 0.2) is 24.3 Å². The second-order valence-corrected chi connectivity index (χ2v) is 4.60. The third kappa shape index (κ3) is 4.29. The average Bonchev–Trinajstić information content (AvgIpc) is 2.27. The van der Waals surface area contributed by atoms with E-state index in [9.17, 15) is 9.18 Å². The number of urea groups is 1. The molecule has 1 unspecified atom stereocenters. The maximum absolute atomic E-state index is 13.0. The Morgan fingerprint density at radius 3 is 2.83 bits per heavy atom. The molecule has 0 saturated heterocycles. The minimum atomic E-state index is -0.397. The zero-order valence-electron chi connectivity index (χ0n) is 10.3. The van der Waals surface area contributed by atoms with Crippen LogP contribution in [-0.4, -0.2) is 29.0 Å². The largest absolute Gasteiger partial charge is 0.393 e. The summed E-state index contributed by atoms with van der Waals surface area (Å²) in [6, 6.07) is 5.27. The summed E-state index contributed by atoms with van der Waals surface area (Å²) in [5.74, 6) is -0.397. The summed E-state index contributed by atoms with van der Waals surface area (Å²) >= 11 is 4.79.